The van der Waals surface area contributed by atoms with Gasteiger partial charge in [-0.3, -0.25) is 9.69 Å². The highest BCUT2D eigenvalue weighted by Gasteiger charge is 2.20. The topological polar surface area (TPSA) is 33.2 Å². The monoisotopic (exact) mass is 322 g/mol. The van der Waals surface area contributed by atoms with E-state index < -0.39 is 0 Å². The summed E-state index contributed by atoms with van der Waals surface area (Å²) in [5.41, 5.74) is 1.13. The van der Waals surface area contributed by atoms with Crippen LogP contribution in [0.3, 0.4) is 0 Å². The summed E-state index contributed by atoms with van der Waals surface area (Å²) in [6, 6.07) is 15.9. The molecule has 2 aromatic rings. The summed E-state index contributed by atoms with van der Waals surface area (Å²) in [5.74, 6) is 1.66. The van der Waals surface area contributed by atoms with Gasteiger partial charge < -0.3 is 0 Å². The second-order valence-electron chi connectivity index (χ2n) is 6.70. The van der Waals surface area contributed by atoms with Crippen LogP contribution in [0.15, 0.2) is 54.7 Å². The highest BCUT2D eigenvalue weighted by atomic mass is 16.2. The third kappa shape index (κ3) is 4.67. The van der Waals surface area contributed by atoms with Gasteiger partial charge in [-0.1, -0.05) is 68.5 Å². The van der Waals surface area contributed by atoms with E-state index in [1.807, 2.05) is 41.3 Å². The van der Waals surface area contributed by atoms with E-state index in [4.69, 9.17) is 0 Å². The number of carbonyl (C=O) groups excluding carboxylic acids is 1. The van der Waals surface area contributed by atoms with Crippen LogP contribution in [-0.2, 0) is 11.3 Å². The fourth-order valence-corrected chi connectivity index (χ4v) is 3.51. The maximum atomic E-state index is 12.9. The zero-order chi connectivity index (χ0) is 16.6. The SMILES string of the molecule is O=C(CCC1CCCCC1)N(Cc1ccccc1)c1ccccn1. The number of anilines is 1. The van der Waals surface area contributed by atoms with E-state index in [1.165, 1.54) is 32.1 Å². The van der Waals surface area contributed by atoms with Crippen molar-refractivity contribution in [1.82, 2.24) is 4.98 Å². The van der Waals surface area contributed by atoms with Crippen LogP contribution in [0.4, 0.5) is 5.82 Å². The molecule has 1 heterocycles. The third-order valence-electron chi connectivity index (χ3n) is 4.90. The number of pyridine rings is 1. The van der Waals surface area contributed by atoms with Gasteiger partial charge in [0.2, 0.25) is 5.91 Å². The molecule has 126 valence electrons. The van der Waals surface area contributed by atoms with Crippen LogP contribution >= 0.6 is 0 Å². The summed E-state index contributed by atoms with van der Waals surface area (Å²) in [4.78, 5) is 19.1. The molecule has 0 atom stereocenters. The van der Waals surface area contributed by atoms with Crippen LogP contribution in [0.2, 0.25) is 0 Å². The minimum absolute atomic E-state index is 0.183. The van der Waals surface area contributed by atoms with E-state index in [2.05, 4.69) is 17.1 Å². The molecule has 0 N–H and O–H groups in total. The molecule has 0 saturated heterocycles. The van der Waals surface area contributed by atoms with E-state index >= 15 is 0 Å². The Balaban J connectivity index is 1.67. The van der Waals surface area contributed by atoms with E-state index in [0.717, 1.165) is 23.7 Å². The molecule has 1 amide bonds. The number of carbonyl (C=O) groups is 1. The van der Waals surface area contributed by atoms with Crippen molar-refractivity contribution in [1.29, 1.82) is 0 Å². The first-order valence-corrected chi connectivity index (χ1v) is 9.08. The van der Waals surface area contributed by atoms with Crippen LogP contribution in [-0.4, -0.2) is 10.9 Å². The van der Waals surface area contributed by atoms with Crippen LogP contribution in [0, 0.1) is 5.92 Å². The van der Waals surface area contributed by atoms with Crippen molar-refractivity contribution in [2.75, 3.05) is 4.90 Å². The standard InChI is InChI=1S/C21H26N2O/c24-21(15-14-18-9-3-1-4-10-18)23(20-13-7-8-16-22-20)17-19-11-5-2-6-12-19/h2,5-8,11-13,16,18H,1,3-4,9-10,14-15,17H2. The average Bonchev–Trinajstić information content (AvgIpc) is 2.66. The van der Waals surface area contributed by atoms with Gasteiger partial charge in [-0.05, 0) is 30.0 Å². The molecule has 0 aliphatic heterocycles. The van der Waals surface area contributed by atoms with Gasteiger partial charge in [0.05, 0.1) is 6.54 Å². The molecule has 1 saturated carbocycles. The lowest BCUT2D eigenvalue weighted by atomic mass is 9.86. The van der Waals surface area contributed by atoms with Gasteiger partial charge in [0, 0.05) is 12.6 Å². The first-order valence-electron chi connectivity index (χ1n) is 9.08. The number of rotatable bonds is 6. The van der Waals surface area contributed by atoms with Crippen LogP contribution < -0.4 is 4.90 Å². The molecule has 1 aromatic heterocycles. The summed E-state index contributed by atoms with van der Waals surface area (Å²) < 4.78 is 0. The van der Waals surface area contributed by atoms with Crippen LogP contribution in [0.5, 0.6) is 0 Å². The summed E-state index contributed by atoms with van der Waals surface area (Å²) in [5, 5.41) is 0. The summed E-state index contributed by atoms with van der Waals surface area (Å²) in [6.45, 7) is 0.585. The Bertz CT molecular complexity index is 621. The van der Waals surface area contributed by atoms with Gasteiger partial charge >= 0.3 is 0 Å². The summed E-state index contributed by atoms with van der Waals surface area (Å²) in [6.07, 6.45) is 9.97. The van der Waals surface area contributed by atoms with Crippen molar-refractivity contribution < 1.29 is 4.79 Å². The zero-order valence-corrected chi connectivity index (χ0v) is 14.2. The minimum Gasteiger partial charge on any atom is -0.292 e. The highest BCUT2D eigenvalue weighted by molar-refractivity contribution is 5.92. The van der Waals surface area contributed by atoms with Crippen molar-refractivity contribution in [3.05, 3.63) is 60.3 Å². The first-order chi connectivity index (χ1) is 11.8. The molecule has 1 fully saturated rings. The van der Waals surface area contributed by atoms with Crippen molar-refractivity contribution in [2.45, 2.75) is 51.5 Å². The molecule has 3 rings (SSSR count). The number of nitrogens with zero attached hydrogens (tertiary/aromatic N) is 2. The lowest BCUT2D eigenvalue weighted by Gasteiger charge is -2.25. The van der Waals surface area contributed by atoms with Gasteiger partial charge in [0.15, 0.2) is 0 Å². The predicted octanol–water partition coefficient (Wildman–Crippen LogP) is 4.98. The summed E-state index contributed by atoms with van der Waals surface area (Å²) in [7, 11) is 0. The Morgan fingerprint density at radius 3 is 2.46 bits per heavy atom. The van der Waals surface area contributed by atoms with Crippen LogP contribution in [0.1, 0.15) is 50.5 Å². The number of benzene rings is 1. The number of amides is 1. The normalized spacial score (nSPS) is 15.2. The molecule has 0 unspecified atom stereocenters. The Hall–Kier alpha value is -2.16. The second-order valence-corrected chi connectivity index (χ2v) is 6.70. The number of hydrogen-bond donors (Lipinski definition) is 0. The third-order valence-corrected chi connectivity index (χ3v) is 4.90. The van der Waals surface area contributed by atoms with E-state index in [1.54, 1.807) is 6.20 Å². The quantitative estimate of drug-likeness (QED) is 0.752. The van der Waals surface area contributed by atoms with E-state index in [0.29, 0.717) is 13.0 Å². The van der Waals surface area contributed by atoms with E-state index in [-0.39, 0.29) is 5.91 Å². The molecule has 1 aliphatic rings. The lowest BCUT2D eigenvalue weighted by molar-refractivity contribution is -0.119. The molecule has 1 aliphatic carbocycles. The fraction of sp³-hybridized carbons (Fsp3) is 0.429. The summed E-state index contributed by atoms with van der Waals surface area (Å²) >= 11 is 0. The zero-order valence-electron chi connectivity index (χ0n) is 14.2. The van der Waals surface area contributed by atoms with Crippen molar-refractivity contribution in [3.8, 4) is 0 Å². The average molecular weight is 322 g/mol. The van der Waals surface area contributed by atoms with E-state index in [9.17, 15) is 4.79 Å². The first kappa shape index (κ1) is 16.7. The Morgan fingerprint density at radius 2 is 1.75 bits per heavy atom. The Morgan fingerprint density at radius 1 is 1.00 bits per heavy atom. The fourth-order valence-electron chi connectivity index (χ4n) is 3.51. The molecule has 1 aromatic carbocycles. The molecule has 0 bridgehead atoms. The van der Waals surface area contributed by atoms with Gasteiger partial charge in [0.25, 0.3) is 0 Å². The molecule has 3 heteroatoms. The van der Waals surface area contributed by atoms with Crippen molar-refractivity contribution >= 4 is 11.7 Å². The predicted molar refractivity (Wildman–Crippen MR) is 97.7 cm³/mol. The number of hydrogen-bond acceptors (Lipinski definition) is 2. The molecule has 0 spiro atoms. The minimum atomic E-state index is 0.183. The molecule has 24 heavy (non-hydrogen) atoms. The maximum absolute atomic E-state index is 12.9. The molecular formula is C21H26N2O. The largest absolute Gasteiger partial charge is 0.292 e. The smallest absolute Gasteiger partial charge is 0.228 e. The molecule has 3 nitrogen and oxygen atoms in total. The van der Waals surface area contributed by atoms with Gasteiger partial charge in [-0.15, -0.1) is 0 Å². The Labute approximate surface area is 144 Å². The maximum Gasteiger partial charge on any atom is 0.228 e. The molecular weight excluding hydrogens is 296 g/mol. The van der Waals surface area contributed by atoms with Gasteiger partial charge in [-0.2, -0.15) is 0 Å². The Kier molecular flexibility index (Phi) is 6.00. The van der Waals surface area contributed by atoms with Crippen molar-refractivity contribution in [3.63, 3.8) is 0 Å². The highest BCUT2D eigenvalue weighted by Crippen LogP contribution is 2.28. The lowest BCUT2D eigenvalue weighted by Crippen LogP contribution is -2.31. The number of aromatic nitrogens is 1. The van der Waals surface area contributed by atoms with Crippen LogP contribution in [0.25, 0.3) is 0 Å². The van der Waals surface area contributed by atoms with Gasteiger partial charge in [0.1, 0.15) is 5.82 Å². The van der Waals surface area contributed by atoms with Gasteiger partial charge in [-0.25, -0.2) is 4.98 Å². The second kappa shape index (κ2) is 8.62. The molecule has 0 radical (unpaired) electrons. The van der Waals surface area contributed by atoms with Crippen molar-refractivity contribution in [2.24, 2.45) is 5.92 Å².